The molecule has 2 rings (SSSR count). The topological polar surface area (TPSA) is 98.2 Å². The average Bonchev–Trinajstić information content (AvgIpc) is 2.49. The number of rotatable bonds is 5. The number of nitrogens with two attached hydrogens (primary N) is 2. The van der Waals surface area contributed by atoms with Gasteiger partial charge in [0.25, 0.3) is 0 Å². The quantitative estimate of drug-likeness (QED) is 0.772. The van der Waals surface area contributed by atoms with Crippen molar-refractivity contribution in [1.82, 2.24) is 0 Å². The van der Waals surface area contributed by atoms with E-state index < -0.39 is 11.9 Å². The Morgan fingerprint density at radius 1 is 1.00 bits per heavy atom. The lowest BCUT2D eigenvalue weighted by Crippen LogP contribution is -2.27. The fraction of sp³-hybridized carbons (Fsp3) is 0.125. The van der Waals surface area contributed by atoms with E-state index in [-0.39, 0.29) is 12.3 Å². The van der Waals surface area contributed by atoms with Crippen LogP contribution in [0.3, 0.4) is 0 Å². The summed E-state index contributed by atoms with van der Waals surface area (Å²) in [6.07, 6.45) is 0.178. The average molecular weight is 283 g/mol. The first-order chi connectivity index (χ1) is 10.1. The summed E-state index contributed by atoms with van der Waals surface area (Å²) in [5.41, 5.74) is 13.2. The maximum atomic E-state index is 12.1. The summed E-state index contributed by atoms with van der Waals surface area (Å²) >= 11 is 0. The van der Waals surface area contributed by atoms with E-state index in [9.17, 15) is 9.59 Å². The minimum atomic E-state index is -0.725. The van der Waals surface area contributed by atoms with Crippen molar-refractivity contribution in [3.63, 3.8) is 0 Å². The first-order valence-electron chi connectivity index (χ1n) is 6.55. The summed E-state index contributed by atoms with van der Waals surface area (Å²) in [6.45, 7) is 0. The van der Waals surface area contributed by atoms with Crippen LogP contribution in [0.4, 0.5) is 5.69 Å². The first-order valence-corrected chi connectivity index (χ1v) is 6.55. The smallest absolute Gasteiger partial charge is 0.245 e. The fourth-order valence-corrected chi connectivity index (χ4v) is 1.94. The Balaban J connectivity index is 2.01. The van der Waals surface area contributed by atoms with Crippen molar-refractivity contribution in [3.8, 4) is 0 Å². The second-order valence-corrected chi connectivity index (χ2v) is 4.72. The molecule has 0 radical (unpaired) electrons. The van der Waals surface area contributed by atoms with E-state index in [1.165, 1.54) is 0 Å². The molecule has 2 aromatic rings. The van der Waals surface area contributed by atoms with Crippen molar-refractivity contribution in [2.75, 3.05) is 5.32 Å². The van der Waals surface area contributed by atoms with Crippen LogP contribution in [-0.2, 0) is 16.0 Å². The zero-order valence-electron chi connectivity index (χ0n) is 11.5. The van der Waals surface area contributed by atoms with Gasteiger partial charge in [-0.2, -0.15) is 0 Å². The number of hydrogen-bond acceptors (Lipinski definition) is 3. The minimum Gasteiger partial charge on any atom is -0.369 e. The summed E-state index contributed by atoms with van der Waals surface area (Å²) in [5.74, 6) is -0.679. The van der Waals surface area contributed by atoms with E-state index in [2.05, 4.69) is 5.32 Å². The maximum absolute atomic E-state index is 12.1. The van der Waals surface area contributed by atoms with Crippen LogP contribution in [0.1, 0.15) is 17.2 Å². The summed E-state index contributed by atoms with van der Waals surface area (Å²) in [5, 5.41) is 2.74. The highest BCUT2D eigenvalue weighted by Gasteiger charge is 2.15. The third-order valence-corrected chi connectivity index (χ3v) is 3.04. The van der Waals surface area contributed by atoms with Gasteiger partial charge in [0.1, 0.15) is 6.04 Å². The van der Waals surface area contributed by atoms with Gasteiger partial charge in [-0.25, -0.2) is 0 Å². The van der Waals surface area contributed by atoms with Crippen molar-refractivity contribution in [1.29, 1.82) is 0 Å². The van der Waals surface area contributed by atoms with E-state index in [4.69, 9.17) is 11.5 Å². The summed E-state index contributed by atoms with van der Waals surface area (Å²) in [7, 11) is 0. The zero-order chi connectivity index (χ0) is 15.2. The number of amides is 2. The van der Waals surface area contributed by atoms with Crippen molar-refractivity contribution in [3.05, 3.63) is 65.7 Å². The number of primary amides is 1. The van der Waals surface area contributed by atoms with Crippen LogP contribution >= 0.6 is 0 Å². The monoisotopic (exact) mass is 283 g/mol. The van der Waals surface area contributed by atoms with Gasteiger partial charge in [-0.1, -0.05) is 42.5 Å². The number of hydrogen-bond donors (Lipinski definition) is 3. The molecular weight excluding hydrogens is 266 g/mol. The molecule has 0 unspecified atom stereocenters. The third-order valence-electron chi connectivity index (χ3n) is 3.04. The lowest BCUT2D eigenvalue weighted by atomic mass is 10.1. The van der Waals surface area contributed by atoms with Crippen molar-refractivity contribution < 1.29 is 9.59 Å². The summed E-state index contributed by atoms with van der Waals surface area (Å²) < 4.78 is 0. The number of anilines is 1. The van der Waals surface area contributed by atoms with Crippen molar-refractivity contribution in [2.24, 2.45) is 11.5 Å². The van der Waals surface area contributed by atoms with Gasteiger partial charge in [-0.15, -0.1) is 0 Å². The number of carbonyl (C=O) groups excluding carboxylic acids is 2. The number of carbonyl (C=O) groups is 2. The predicted octanol–water partition coefficient (Wildman–Crippen LogP) is 1.35. The highest BCUT2D eigenvalue weighted by molar-refractivity contribution is 5.95. The molecule has 108 valence electrons. The van der Waals surface area contributed by atoms with Gasteiger partial charge in [0, 0.05) is 5.69 Å². The van der Waals surface area contributed by atoms with Crippen LogP contribution in [0, 0.1) is 0 Å². The Kier molecular flexibility index (Phi) is 4.68. The van der Waals surface area contributed by atoms with Gasteiger partial charge in [0.05, 0.1) is 6.42 Å². The normalized spacial score (nSPS) is 11.7. The molecule has 0 aromatic heterocycles. The molecule has 0 bridgehead atoms. The molecule has 0 aliphatic heterocycles. The Morgan fingerprint density at radius 3 is 2.19 bits per heavy atom. The van der Waals surface area contributed by atoms with Crippen LogP contribution in [0.2, 0.25) is 0 Å². The van der Waals surface area contributed by atoms with E-state index in [1.54, 1.807) is 36.4 Å². The van der Waals surface area contributed by atoms with E-state index in [0.717, 1.165) is 11.1 Å². The molecule has 0 aliphatic carbocycles. The Labute approximate surface area is 123 Å². The van der Waals surface area contributed by atoms with Gasteiger partial charge in [-0.05, 0) is 23.3 Å². The molecule has 0 spiro atoms. The van der Waals surface area contributed by atoms with Gasteiger partial charge >= 0.3 is 0 Å². The van der Waals surface area contributed by atoms with E-state index >= 15 is 0 Å². The Morgan fingerprint density at radius 2 is 1.62 bits per heavy atom. The van der Waals surface area contributed by atoms with Crippen LogP contribution in [0.25, 0.3) is 0 Å². The summed E-state index contributed by atoms with van der Waals surface area (Å²) in [4.78, 5) is 22.9. The molecule has 1 atom stereocenters. The van der Waals surface area contributed by atoms with E-state index in [1.807, 2.05) is 18.2 Å². The molecule has 21 heavy (non-hydrogen) atoms. The highest BCUT2D eigenvalue weighted by atomic mass is 16.2. The molecule has 5 heteroatoms. The lowest BCUT2D eigenvalue weighted by Gasteiger charge is -2.12. The number of benzene rings is 2. The molecule has 0 saturated heterocycles. The van der Waals surface area contributed by atoms with Crippen molar-refractivity contribution >= 4 is 17.5 Å². The molecule has 0 aliphatic rings. The molecule has 2 aromatic carbocycles. The van der Waals surface area contributed by atoms with Gasteiger partial charge in [0.2, 0.25) is 11.8 Å². The SMILES string of the molecule is NC(=O)Cc1ccc(NC(=O)[C@H](N)c2ccccc2)cc1. The second-order valence-electron chi connectivity index (χ2n) is 4.72. The molecule has 5 nitrogen and oxygen atoms in total. The van der Waals surface area contributed by atoms with Crippen LogP contribution in [0.5, 0.6) is 0 Å². The molecule has 0 fully saturated rings. The summed E-state index contributed by atoms with van der Waals surface area (Å²) in [6, 6.07) is 15.3. The lowest BCUT2D eigenvalue weighted by molar-refractivity contribution is -0.118. The Hall–Kier alpha value is -2.66. The van der Waals surface area contributed by atoms with Gasteiger partial charge < -0.3 is 16.8 Å². The standard InChI is InChI=1S/C16H17N3O2/c17-14(20)10-11-6-8-13(9-7-11)19-16(21)15(18)12-4-2-1-3-5-12/h1-9,15H,10,18H2,(H2,17,20)(H,19,21)/t15-/m1/s1. The van der Waals surface area contributed by atoms with Gasteiger partial charge in [-0.3, -0.25) is 9.59 Å². The molecule has 2 amide bonds. The highest BCUT2D eigenvalue weighted by Crippen LogP contribution is 2.14. The largest absolute Gasteiger partial charge is 0.369 e. The predicted molar refractivity (Wildman–Crippen MR) is 81.3 cm³/mol. The second kappa shape index (κ2) is 6.67. The Bertz CT molecular complexity index is 624. The molecule has 0 saturated carbocycles. The van der Waals surface area contributed by atoms with Crippen LogP contribution < -0.4 is 16.8 Å². The number of nitrogens with one attached hydrogen (secondary N) is 1. The van der Waals surface area contributed by atoms with Gasteiger partial charge in [0.15, 0.2) is 0 Å². The maximum Gasteiger partial charge on any atom is 0.245 e. The third kappa shape index (κ3) is 4.15. The van der Waals surface area contributed by atoms with E-state index in [0.29, 0.717) is 5.69 Å². The fourth-order valence-electron chi connectivity index (χ4n) is 1.94. The molecule has 5 N–H and O–H groups in total. The molecular formula is C16H17N3O2. The first kappa shape index (κ1) is 14.7. The minimum absolute atomic E-state index is 0.178. The van der Waals surface area contributed by atoms with Crippen LogP contribution in [0.15, 0.2) is 54.6 Å². The molecule has 0 heterocycles. The van der Waals surface area contributed by atoms with Crippen molar-refractivity contribution in [2.45, 2.75) is 12.5 Å². The van der Waals surface area contributed by atoms with Crippen LogP contribution in [-0.4, -0.2) is 11.8 Å². The zero-order valence-corrected chi connectivity index (χ0v) is 11.5.